The van der Waals surface area contributed by atoms with Crippen LogP contribution in [-0.4, -0.2) is 28.5 Å². The van der Waals surface area contributed by atoms with Crippen molar-refractivity contribution in [1.29, 1.82) is 0 Å². The van der Waals surface area contributed by atoms with Crippen LogP contribution in [0.5, 0.6) is 0 Å². The molecule has 0 rings (SSSR count). The lowest BCUT2D eigenvalue weighted by Crippen LogP contribution is -2.03. The number of hydrogen-bond donors (Lipinski definition) is 1. The van der Waals surface area contributed by atoms with Gasteiger partial charge in [0.25, 0.3) is 0 Å². The van der Waals surface area contributed by atoms with Crippen molar-refractivity contribution in [3.05, 3.63) is 0 Å². The molecule has 0 fully saturated rings. The van der Waals surface area contributed by atoms with Crippen LogP contribution in [0.2, 0.25) is 0 Å². The van der Waals surface area contributed by atoms with Crippen molar-refractivity contribution >= 4 is 35.1 Å². The molecule has 0 radical (unpaired) electrons. The summed E-state index contributed by atoms with van der Waals surface area (Å²) in [5.41, 5.74) is 0. The zero-order valence-electron chi connectivity index (χ0n) is 6.71. The first-order valence-corrected chi connectivity index (χ1v) is 3.93. The average Bonchev–Trinajstić information content (AvgIpc) is 1.87. The fourth-order valence-electron chi connectivity index (χ4n) is 0.203. The van der Waals surface area contributed by atoms with Crippen molar-refractivity contribution in [2.45, 2.75) is 18.7 Å². The van der Waals surface area contributed by atoms with Crippen LogP contribution in [-0.2, 0) is 14.3 Å². The minimum absolute atomic E-state index is 0.211. The van der Waals surface area contributed by atoms with Crippen molar-refractivity contribution in [2.24, 2.45) is 0 Å². The standard InChI is InChI=1S/C4H8O2.C2H2Cl2O2/c1-3-6-4(2)5;3-1(4)2(5)6/h3H2,1-2H3;1H,(H,5,6). The molecule has 0 saturated carbocycles. The molecular formula is C6H10Cl2O4. The first kappa shape index (κ1) is 14.1. The van der Waals surface area contributed by atoms with E-state index in [2.05, 4.69) is 4.74 Å². The SMILES string of the molecule is CCOC(C)=O.O=C(O)C(Cl)Cl. The summed E-state index contributed by atoms with van der Waals surface area (Å²) in [6.45, 7) is 3.65. The van der Waals surface area contributed by atoms with Gasteiger partial charge in [0.1, 0.15) is 0 Å². The molecule has 0 bridgehead atoms. The number of carbonyl (C=O) groups is 2. The van der Waals surface area contributed by atoms with E-state index in [1.165, 1.54) is 6.92 Å². The summed E-state index contributed by atoms with van der Waals surface area (Å²) in [5.74, 6) is -1.42. The number of carboxylic acid groups (broad SMARTS) is 1. The normalized spacial score (nSPS) is 8.42. The van der Waals surface area contributed by atoms with Crippen LogP contribution in [0.4, 0.5) is 0 Å². The van der Waals surface area contributed by atoms with Gasteiger partial charge in [-0.2, -0.15) is 0 Å². The van der Waals surface area contributed by atoms with Gasteiger partial charge in [-0.15, -0.1) is 0 Å². The van der Waals surface area contributed by atoms with Gasteiger partial charge in [-0.05, 0) is 6.92 Å². The number of aliphatic carboxylic acids is 1. The lowest BCUT2D eigenvalue weighted by atomic mass is 10.8. The summed E-state index contributed by atoms with van der Waals surface area (Å²) in [7, 11) is 0. The van der Waals surface area contributed by atoms with Gasteiger partial charge in [-0.1, -0.05) is 23.2 Å². The second-order valence-corrected chi connectivity index (χ2v) is 2.66. The van der Waals surface area contributed by atoms with Crippen molar-refractivity contribution < 1.29 is 19.4 Å². The Morgan fingerprint density at radius 2 is 1.83 bits per heavy atom. The molecule has 12 heavy (non-hydrogen) atoms. The molecule has 1 N–H and O–H groups in total. The molecule has 0 aliphatic rings. The van der Waals surface area contributed by atoms with Gasteiger partial charge < -0.3 is 9.84 Å². The topological polar surface area (TPSA) is 63.6 Å². The Balaban J connectivity index is 0. The molecule has 72 valence electrons. The minimum Gasteiger partial charge on any atom is -0.479 e. The maximum atomic E-state index is 9.82. The van der Waals surface area contributed by atoms with E-state index in [1.807, 2.05) is 0 Å². The Bertz CT molecular complexity index is 146. The number of esters is 1. The third kappa shape index (κ3) is 16.3. The van der Waals surface area contributed by atoms with E-state index < -0.39 is 10.8 Å². The molecule has 0 spiro atoms. The van der Waals surface area contributed by atoms with Gasteiger partial charge in [-0.3, -0.25) is 4.79 Å². The van der Waals surface area contributed by atoms with Gasteiger partial charge in [0.2, 0.25) is 4.84 Å². The summed E-state index contributed by atoms with van der Waals surface area (Å²) in [5, 5.41) is 7.73. The second kappa shape index (κ2) is 8.62. The van der Waals surface area contributed by atoms with Crippen molar-refractivity contribution in [3.8, 4) is 0 Å². The second-order valence-electron chi connectivity index (χ2n) is 1.56. The number of halogens is 2. The van der Waals surface area contributed by atoms with Crippen LogP contribution in [0, 0.1) is 0 Å². The highest BCUT2D eigenvalue weighted by molar-refractivity contribution is 6.52. The van der Waals surface area contributed by atoms with E-state index in [4.69, 9.17) is 28.3 Å². The Morgan fingerprint density at radius 1 is 1.50 bits per heavy atom. The highest BCUT2D eigenvalue weighted by atomic mass is 35.5. The maximum absolute atomic E-state index is 9.82. The summed E-state index contributed by atoms with van der Waals surface area (Å²) in [6, 6.07) is 0. The Labute approximate surface area is 80.4 Å². The van der Waals surface area contributed by atoms with Gasteiger partial charge in [0.05, 0.1) is 6.61 Å². The lowest BCUT2D eigenvalue weighted by Gasteiger charge is -1.89. The van der Waals surface area contributed by atoms with Crippen LogP contribution in [0.3, 0.4) is 0 Å². The highest BCUT2D eigenvalue weighted by Crippen LogP contribution is 1.98. The van der Waals surface area contributed by atoms with E-state index in [-0.39, 0.29) is 5.97 Å². The van der Waals surface area contributed by atoms with Crippen LogP contribution in [0.25, 0.3) is 0 Å². The van der Waals surface area contributed by atoms with Crippen molar-refractivity contribution in [3.63, 3.8) is 0 Å². The zero-order valence-corrected chi connectivity index (χ0v) is 8.22. The van der Waals surface area contributed by atoms with Gasteiger partial charge in [0, 0.05) is 6.92 Å². The van der Waals surface area contributed by atoms with Crippen LogP contribution < -0.4 is 0 Å². The zero-order chi connectivity index (χ0) is 10.1. The van der Waals surface area contributed by atoms with Gasteiger partial charge >= 0.3 is 11.9 Å². The monoisotopic (exact) mass is 216 g/mol. The largest absolute Gasteiger partial charge is 0.479 e. The third-order valence-electron chi connectivity index (χ3n) is 0.534. The third-order valence-corrected chi connectivity index (χ3v) is 0.908. The Hall–Kier alpha value is -0.480. The van der Waals surface area contributed by atoms with E-state index in [9.17, 15) is 9.59 Å². The smallest absolute Gasteiger partial charge is 0.337 e. The molecule has 0 amide bonds. The first-order valence-electron chi connectivity index (χ1n) is 3.06. The number of rotatable bonds is 2. The van der Waals surface area contributed by atoms with Crippen LogP contribution >= 0.6 is 23.2 Å². The minimum atomic E-state index is -1.29. The Morgan fingerprint density at radius 3 is 1.83 bits per heavy atom. The molecule has 4 nitrogen and oxygen atoms in total. The van der Waals surface area contributed by atoms with E-state index in [0.717, 1.165) is 0 Å². The molecule has 0 atom stereocenters. The summed E-state index contributed by atoms with van der Waals surface area (Å²) in [4.78, 5) is 18.0. The van der Waals surface area contributed by atoms with E-state index >= 15 is 0 Å². The number of ether oxygens (including phenoxy) is 1. The summed E-state index contributed by atoms with van der Waals surface area (Å²) in [6.07, 6.45) is 0. The fourth-order valence-corrected chi connectivity index (χ4v) is 0.203. The van der Waals surface area contributed by atoms with Crippen molar-refractivity contribution in [1.82, 2.24) is 0 Å². The summed E-state index contributed by atoms with van der Waals surface area (Å²) < 4.78 is 4.40. The molecule has 0 aromatic rings. The molecular weight excluding hydrogens is 207 g/mol. The predicted molar refractivity (Wildman–Crippen MR) is 45.4 cm³/mol. The highest BCUT2D eigenvalue weighted by Gasteiger charge is 2.05. The van der Waals surface area contributed by atoms with Gasteiger partial charge in [0.15, 0.2) is 0 Å². The Kier molecular flexibility index (Phi) is 10.1. The molecule has 0 unspecified atom stereocenters. The van der Waals surface area contributed by atoms with Crippen LogP contribution in [0.1, 0.15) is 13.8 Å². The quantitative estimate of drug-likeness (QED) is 0.561. The fraction of sp³-hybridized carbons (Fsp3) is 0.667. The van der Waals surface area contributed by atoms with E-state index in [1.54, 1.807) is 6.92 Å². The number of hydrogen-bond acceptors (Lipinski definition) is 3. The molecule has 0 heterocycles. The van der Waals surface area contributed by atoms with Crippen molar-refractivity contribution in [2.75, 3.05) is 6.61 Å². The number of alkyl halides is 2. The maximum Gasteiger partial charge on any atom is 0.337 e. The molecule has 0 aliphatic carbocycles. The van der Waals surface area contributed by atoms with Gasteiger partial charge in [-0.25, -0.2) is 4.79 Å². The van der Waals surface area contributed by atoms with E-state index in [0.29, 0.717) is 6.61 Å². The lowest BCUT2D eigenvalue weighted by molar-refractivity contribution is -0.140. The number of carbonyl (C=O) groups excluding carboxylic acids is 1. The predicted octanol–water partition coefficient (Wildman–Crippen LogP) is 1.44. The average molecular weight is 217 g/mol. The number of carboxylic acids is 1. The van der Waals surface area contributed by atoms with Crippen LogP contribution in [0.15, 0.2) is 0 Å². The first-order chi connectivity index (χ1) is 5.41. The molecule has 0 aliphatic heterocycles. The molecule has 0 saturated heterocycles. The molecule has 6 heteroatoms. The molecule has 0 aromatic carbocycles. The molecule has 0 aromatic heterocycles. The summed E-state index contributed by atoms with van der Waals surface area (Å²) >= 11 is 9.56.